The largest absolute Gasteiger partial charge is 0.493 e. The normalized spacial score (nSPS) is 18.4. The number of hydrogen-bond donors (Lipinski definition) is 1. The Morgan fingerprint density at radius 2 is 2.14 bits per heavy atom. The van der Waals surface area contributed by atoms with E-state index in [1.807, 2.05) is 36.2 Å². The van der Waals surface area contributed by atoms with Gasteiger partial charge in [-0.05, 0) is 44.5 Å². The summed E-state index contributed by atoms with van der Waals surface area (Å²) >= 11 is 0. The highest BCUT2D eigenvalue weighted by molar-refractivity contribution is 5.78. The summed E-state index contributed by atoms with van der Waals surface area (Å²) in [5.74, 6) is 1.84. The molecule has 0 aliphatic carbocycles. The van der Waals surface area contributed by atoms with Gasteiger partial charge in [-0.3, -0.25) is 4.79 Å². The maximum absolute atomic E-state index is 12.3. The van der Waals surface area contributed by atoms with Crippen LogP contribution >= 0.6 is 0 Å². The zero-order chi connectivity index (χ0) is 15.1. The molecule has 116 valence electrons. The number of benzene rings is 1. The molecule has 1 aromatic carbocycles. The Kier molecular flexibility index (Phi) is 5.87. The number of methoxy groups -OCH3 is 1. The Labute approximate surface area is 126 Å². The zero-order valence-corrected chi connectivity index (χ0v) is 12.8. The Balaban J connectivity index is 1.86. The number of piperidine rings is 1. The van der Waals surface area contributed by atoms with E-state index in [4.69, 9.17) is 9.47 Å². The first-order chi connectivity index (χ1) is 10.2. The summed E-state index contributed by atoms with van der Waals surface area (Å²) in [4.78, 5) is 14.2. The Bertz CT molecular complexity index is 463. The highest BCUT2D eigenvalue weighted by atomic mass is 16.5. The van der Waals surface area contributed by atoms with E-state index in [0.717, 1.165) is 26.1 Å². The average Bonchev–Trinajstić information content (AvgIpc) is 2.53. The van der Waals surface area contributed by atoms with Crippen molar-refractivity contribution in [1.82, 2.24) is 10.2 Å². The van der Waals surface area contributed by atoms with Crippen molar-refractivity contribution in [1.29, 1.82) is 0 Å². The van der Waals surface area contributed by atoms with Crippen LogP contribution in [0.25, 0.3) is 0 Å². The summed E-state index contributed by atoms with van der Waals surface area (Å²) in [5, 5.41) is 3.18. The zero-order valence-electron chi connectivity index (χ0n) is 12.8. The van der Waals surface area contributed by atoms with Crippen molar-refractivity contribution in [3.8, 4) is 11.5 Å². The van der Waals surface area contributed by atoms with Gasteiger partial charge in [-0.15, -0.1) is 0 Å². The number of ether oxygens (including phenoxy) is 2. The van der Waals surface area contributed by atoms with Crippen LogP contribution in [-0.4, -0.2) is 51.2 Å². The molecule has 1 fully saturated rings. The van der Waals surface area contributed by atoms with Crippen molar-refractivity contribution in [2.24, 2.45) is 5.92 Å². The fraction of sp³-hybridized carbons (Fsp3) is 0.562. The van der Waals surface area contributed by atoms with Gasteiger partial charge in [0, 0.05) is 13.1 Å². The van der Waals surface area contributed by atoms with Crippen molar-refractivity contribution in [2.45, 2.75) is 12.8 Å². The molecule has 1 unspecified atom stereocenters. The van der Waals surface area contributed by atoms with Crippen LogP contribution in [0.15, 0.2) is 24.3 Å². The van der Waals surface area contributed by atoms with E-state index >= 15 is 0 Å². The highest BCUT2D eigenvalue weighted by Crippen LogP contribution is 2.25. The fourth-order valence-corrected chi connectivity index (χ4v) is 2.72. The van der Waals surface area contributed by atoms with Crippen LogP contribution in [0.5, 0.6) is 11.5 Å². The predicted octanol–water partition coefficient (Wildman–Crippen LogP) is 1.53. The smallest absolute Gasteiger partial charge is 0.260 e. The Morgan fingerprint density at radius 3 is 2.86 bits per heavy atom. The van der Waals surface area contributed by atoms with Crippen LogP contribution in [0.2, 0.25) is 0 Å². The topological polar surface area (TPSA) is 50.8 Å². The molecule has 2 rings (SSSR count). The molecule has 21 heavy (non-hydrogen) atoms. The van der Waals surface area contributed by atoms with Gasteiger partial charge in [-0.2, -0.15) is 0 Å². The van der Waals surface area contributed by atoms with E-state index in [9.17, 15) is 4.79 Å². The molecule has 1 heterocycles. The molecule has 1 aromatic rings. The number of para-hydroxylation sites is 2. The molecule has 1 saturated heterocycles. The molecule has 1 aliphatic rings. The van der Waals surface area contributed by atoms with Gasteiger partial charge in [-0.25, -0.2) is 0 Å². The Hall–Kier alpha value is -1.75. The summed E-state index contributed by atoms with van der Waals surface area (Å²) in [6, 6.07) is 7.38. The lowest BCUT2D eigenvalue weighted by molar-refractivity contribution is -0.135. The summed E-state index contributed by atoms with van der Waals surface area (Å²) in [6.45, 7) is 2.66. The Morgan fingerprint density at radius 1 is 1.38 bits per heavy atom. The van der Waals surface area contributed by atoms with Crippen LogP contribution in [-0.2, 0) is 4.79 Å². The summed E-state index contributed by atoms with van der Waals surface area (Å²) in [7, 11) is 3.54. The molecule has 0 bridgehead atoms. The van der Waals surface area contributed by atoms with Gasteiger partial charge in [-0.1, -0.05) is 12.1 Å². The minimum absolute atomic E-state index is 0.0432. The van der Waals surface area contributed by atoms with Crippen molar-refractivity contribution < 1.29 is 14.3 Å². The lowest BCUT2D eigenvalue weighted by atomic mass is 9.98. The lowest BCUT2D eigenvalue weighted by Gasteiger charge is -2.32. The quantitative estimate of drug-likeness (QED) is 0.864. The van der Waals surface area contributed by atoms with Crippen molar-refractivity contribution in [3.63, 3.8) is 0 Å². The second-order valence-corrected chi connectivity index (χ2v) is 5.35. The molecule has 1 amide bonds. The number of rotatable bonds is 6. The molecule has 0 aromatic heterocycles. The number of nitrogens with one attached hydrogen (secondary N) is 1. The second kappa shape index (κ2) is 7.88. The maximum atomic E-state index is 12.3. The average molecular weight is 292 g/mol. The van der Waals surface area contributed by atoms with Crippen LogP contribution in [0.4, 0.5) is 0 Å². The first kappa shape index (κ1) is 15.6. The van der Waals surface area contributed by atoms with Crippen molar-refractivity contribution in [2.75, 3.05) is 40.4 Å². The lowest BCUT2D eigenvalue weighted by Crippen LogP contribution is -2.44. The minimum Gasteiger partial charge on any atom is -0.493 e. The second-order valence-electron chi connectivity index (χ2n) is 5.35. The number of likely N-dealkylation sites (tertiary alicyclic amines) is 1. The van der Waals surface area contributed by atoms with Crippen LogP contribution in [0.1, 0.15) is 12.8 Å². The third-order valence-corrected chi connectivity index (χ3v) is 3.78. The number of amides is 1. The van der Waals surface area contributed by atoms with Gasteiger partial charge in [0.05, 0.1) is 7.11 Å². The van der Waals surface area contributed by atoms with E-state index in [-0.39, 0.29) is 12.5 Å². The van der Waals surface area contributed by atoms with Gasteiger partial charge in [0.15, 0.2) is 18.1 Å². The van der Waals surface area contributed by atoms with Gasteiger partial charge in [0.1, 0.15) is 0 Å². The monoisotopic (exact) mass is 292 g/mol. The minimum atomic E-state index is 0.0432. The van der Waals surface area contributed by atoms with Crippen LogP contribution in [0, 0.1) is 5.92 Å². The van der Waals surface area contributed by atoms with E-state index in [1.165, 1.54) is 6.42 Å². The van der Waals surface area contributed by atoms with Crippen LogP contribution in [0.3, 0.4) is 0 Å². The molecule has 0 spiro atoms. The molecular weight excluding hydrogens is 268 g/mol. The summed E-state index contributed by atoms with van der Waals surface area (Å²) < 4.78 is 10.8. The molecule has 5 heteroatoms. The third kappa shape index (κ3) is 4.36. The predicted molar refractivity (Wildman–Crippen MR) is 81.7 cm³/mol. The van der Waals surface area contributed by atoms with E-state index < -0.39 is 0 Å². The summed E-state index contributed by atoms with van der Waals surface area (Å²) in [6.07, 6.45) is 2.24. The molecule has 1 aliphatic heterocycles. The number of nitrogens with zero attached hydrogens (tertiary/aromatic N) is 1. The van der Waals surface area contributed by atoms with Crippen molar-refractivity contribution in [3.05, 3.63) is 24.3 Å². The first-order valence-electron chi connectivity index (χ1n) is 7.42. The van der Waals surface area contributed by atoms with E-state index in [0.29, 0.717) is 17.4 Å². The highest BCUT2D eigenvalue weighted by Gasteiger charge is 2.23. The van der Waals surface area contributed by atoms with Crippen molar-refractivity contribution >= 4 is 5.91 Å². The van der Waals surface area contributed by atoms with Gasteiger partial charge in [0.2, 0.25) is 0 Å². The third-order valence-electron chi connectivity index (χ3n) is 3.78. The number of carbonyl (C=O) groups is 1. The van der Waals surface area contributed by atoms with Gasteiger partial charge < -0.3 is 19.7 Å². The molecule has 0 saturated carbocycles. The molecule has 5 nitrogen and oxygen atoms in total. The molecule has 0 radical (unpaired) electrons. The van der Waals surface area contributed by atoms with Crippen LogP contribution < -0.4 is 14.8 Å². The van der Waals surface area contributed by atoms with Gasteiger partial charge >= 0.3 is 0 Å². The molecule has 1 atom stereocenters. The summed E-state index contributed by atoms with van der Waals surface area (Å²) in [5.41, 5.74) is 0. The van der Waals surface area contributed by atoms with Gasteiger partial charge in [0.25, 0.3) is 5.91 Å². The molecule has 1 N–H and O–H groups in total. The number of hydrogen-bond acceptors (Lipinski definition) is 4. The number of carbonyl (C=O) groups excluding carboxylic acids is 1. The molecular formula is C16H24N2O3. The van der Waals surface area contributed by atoms with E-state index in [2.05, 4.69) is 5.32 Å². The van der Waals surface area contributed by atoms with E-state index in [1.54, 1.807) is 7.11 Å². The standard InChI is InChI=1S/C16H24N2O3/c1-17-10-13-6-5-9-18(11-13)16(19)12-21-15-8-4-3-7-14(15)20-2/h3-4,7-8,13,17H,5-6,9-12H2,1-2H3. The fourth-order valence-electron chi connectivity index (χ4n) is 2.72. The first-order valence-corrected chi connectivity index (χ1v) is 7.42. The maximum Gasteiger partial charge on any atom is 0.260 e. The SMILES string of the molecule is CNCC1CCCN(C(=O)COc2ccccc2OC)C1.